The third kappa shape index (κ3) is 4.37. The molecule has 2 atom stereocenters. The number of carboxylic acid groups (broad SMARTS) is 1. The molecule has 6 heteroatoms. The van der Waals surface area contributed by atoms with Gasteiger partial charge in [0.2, 0.25) is 0 Å². The number of amides is 2. The Balaban J connectivity index is 2.47. The minimum absolute atomic E-state index is 0.0652. The van der Waals surface area contributed by atoms with Gasteiger partial charge in [-0.2, -0.15) is 0 Å². The average Bonchev–Trinajstić information content (AvgIpc) is 2.45. The van der Waals surface area contributed by atoms with Crippen LogP contribution in [0.5, 0.6) is 0 Å². The maximum Gasteiger partial charge on any atom is 0.315 e. The molecule has 0 aromatic heterocycles. The first-order chi connectivity index (χ1) is 9.41. The van der Waals surface area contributed by atoms with Crippen molar-refractivity contribution in [1.29, 1.82) is 0 Å². The van der Waals surface area contributed by atoms with Crippen LogP contribution in [0, 0.1) is 11.3 Å². The number of rotatable bonds is 6. The number of nitrogens with one attached hydrogen (secondary N) is 2. The number of ether oxygens (including phenoxy) is 1. The summed E-state index contributed by atoms with van der Waals surface area (Å²) in [5, 5.41) is 14.9. The summed E-state index contributed by atoms with van der Waals surface area (Å²) in [4.78, 5) is 23.3. The molecule has 116 valence electrons. The zero-order valence-corrected chi connectivity index (χ0v) is 12.6. The van der Waals surface area contributed by atoms with Crippen LogP contribution in [0.4, 0.5) is 4.79 Å². The molecule has 1 fully saturated rings. The lowest BCUT2D eigenvalue weighted by molar-refractivity contribution is -0.154. The van der Waals surface area contributed by atoms with Gasteiger partial charge < -0.3 is 20.5 Å². The monoisotopic (exact) mass is 286 g/mol. The van der Waals surface area contributed by atoms with Crippen molar-refractivity contribution in [3.05, 3.63) is 0 Å². The summed E-state index contributed by atoms with van der Waals surface area (Å²) in [6, 6.07) is -0.236. The highest BCUT2D eigenvalue weighted by Crippen LogP contribution is 2.30. The van der Waals surface area contributed by atoms with E-state index in [2.05, 4.69) is 24.5 Å². The van der Waals surface area contributed by atoms with E-state index >= 15 is 0 Å². The van der Waals surface area contributed by atoms with Crippen LogP contribution >= 0.6 is 0 Å². The van der Waals surface area contributed by atoms with Crippen molar-refractivity contribution >= 4 is 12.0 Å². The molecule has 2 amide bonds. The quantitative estimate of drug-likeness (QED) is 0.692. The van der Waals surface area contributed by atoms with Crippen molar-refractivity contribution in [2.45, 2.75) is 46.1 Å². The van der Waals surface area contributed by atoms with E-state index in [1.165, 1.54) is 0 Å². The Morgan fingerprint density at radius 2 is 1.90 bits per heavy atom. The van der Waals surface area contributed by atoms with E-state index in [1.54, 1.807) is 0 Å². The van der Waals surface area contributed by atoms with E-state index in [4.69, 9.17) is 4.74 Å². The van der Waals surface area contributed by atoms with Gasteiger partial charge in [-0.05, 0) is 25.7 Å². The highest BCUT2D eigenvalue weighted by molar-refractivity contribution is 5.78. The lowest BCUT2D eigenvalue weighted by Gasteiger charge is -2.33. The molecule has 0 aromatic carbocycles. The number of hydrogen-bond donors (Lipinski definition) is 3. The number of hydrogen-bond acceptors (Lipinski definition) is 3. The molecule has 3 N–H and O–H groups in total. The molecular formula is C14H26N2O4. The second-order valence-corrected chi connectivity index (χ2v) is 5.70. The first kappa shape index (κ1) is 16.8. The molecule has 20 heavy (non-hydrogen) atoms. The maximum atomic E-state index is 11.8. The molecule has 1 rings (SSSR count). The highest BCUT2D eigenvalue weighted by atomic mass is 16.5. The fourth-order valence-electron chi connectivity index (χ4n) is 2.23. The molecule has 0 bridgehead atoms. The summed E-state index contributed by atoms with van der Waals surface area (Å²) in [6.45, 7) is 7.10. The van der Waals surface area contributed by atoms with Crippen molar-refractivity contribution in [3.63, 3.8) is 0 Å². The van der Waals surface area contributed by atoms with Crippen LogP contribution in [-0.4, -0.2) is 42.9 Å². The molecular weight excluding hydrogens is 260 g/mol. The Bertz CT molecular complexity index is 340. The van der Waals surface area contributed by atoms with Crippen molar-refractivity contribution in [2.75, 3.05) is 19.8 Å². The van der Waals surface area contributed by atoms with Crippen molar-refractivity contribution in [2.24, 2.45) is 11.3 Å². The average molecular weight is 286 g/mol. The van der Waals surface area contributed by atoms with E-state index in [1.807, 2.05) is 6.92 Å². The van der Waals surface area contributed by atoms with E-state index in [-0.39, 0.29) is 18.6 Å². The summed E-state index contributed by atoms with van der Waals surface area (Å²) in [7, 11) is 0. The third-order valence-corrected chi connectivity index (χ3v) is 4.35. The summed E-state index contributed by atoms with van der Waals surface area (Å²) < 4.78 is 5.20. The van der Waals surface area contributed by atoms with E-state index in [9.17, 15) is 14.7 Å². The fourth-order valence-corrected chi connectivity index (χ4v) is 2.23. The van der Waals surface area contributed by atoms with Crippen LogP contribution in [0.2, 0.25) is 0 Å². The Kier molecular flexibility index (Phi) is 6.26. The zero-order valence-electron chi connectivity index (χ0n) is 12.6. The van der Waals surface area contributed by atoms with Gasteiger partial charge in [0.15, 0.2) is 0 Å². The minimum atomic E-state index is -0.894. The molecule has 0 aliphatic carbocycles. The highest BCUT2D eigenvalue weighted by Gasteiger charge is 2.40. The van der Waals surface area contributed by atoms with E-state index in [0.717, 1.165) is 6.42 Å². The normalized spacial score (nSPS) is 20.8. The molecule has 0 spiro atoms. The number of urea groups is 1. The van der Waals surface area contributed by atoms with Crippen LogP contribution in [0.25, 0.3) is 0 Å². The standard InChI is InChI=1S/C14H26N2O4/c1-4-10(2)11(3)16-13(19)15-9-14(12(17)18)5-7-20-8-6-14/h10-11H,4-9H2,1-3H3,(H,17,18)(H2,15,16,19). The van der Waals surface area contributed by atoms with E-state index < -0.39 is 11.4 Å². The molecule has 2 unspecified atom stereocenters. The number of carbonyl (C=O) groups is 2. The third-order valence-electron chi connectivity index (χ3n) is 4.35. The summed E-state index contributed by atoms with van der Waals surface area (Å²) >= 11 is 0. The Morgan fingerprint density at radius 3 is 2.40 bits per heavy atom. The van der Waals surface area contributed by atoms with Crippen LogP contribution < -0.4 is 10.6 Å². The number of carbonyl (C=O) groups excluding carboxylic acids is 1. The van der Waals surface area contributed by atoms with Gasteiger partial charge in [0.25, 0.3) is 0 Å². The molecule has 1 heterocycles. The molecule has 0 aromatic rings. The Hall–Kier alpha value is -1.30. The lowest BCUT2D eigenvalue weighted by Crippen LogP contribution is -2.50. The van der Waals surface area contributed by atoms with Crippen LogP contribution in [-0.2, 0) is 9.53 Å². The van der Waals surface area contributed by atoms with Gasteiger partial charge in [-0.15, -0.1) is 0 Å². The maximum absolute atomic E-state index is 11.8. The molecule has 1 aliphatic heterocycles. The van der Waals surface area contributed by atoms with Crippen LogP contribution in [0.3, 0.4) is 0 Å². The molecule has 1 aliphatic rings. The summed E-state index contributed by atoms with van der Waals surface area (Å²) in [6.07, 6.45) is 1.85. The second-order valence-electron chi connectivity index (χ2n) is 5.70. The minimum Gasteiger partial charge on any atom is -0.481 e. The fraction of sp³-hybridized carbons (Fsp3) is 0.857. The van der Waals surface area contributed by atoms with Crippen LogP contribution in [0.15, 0.2) is 0 Å². The number of aliphatic carboxylic acids is 1. The first-order valence-electron chi connectivity index (χ1n) is 7.27. The predicted molar refractivity (Wildman–Crippen MR) is 75.6 cm³/mol. The second kappa shape index (κ2) is 7.47. The zero-order chi connectivity index (χ0) is 15.2. The van der Waals surface area contributed by atoms with Gasteiger partial charge >= 0.3 is 12.0 Å². The van der Waals surface area contributed by atoms with Gasteiger partial charge in [0.1, 0.15) is 0 Å². The molecule has 0 radical (unpaired) electrons. The van der Waals surface area contributed by atoms with Gasteiger partial charge in [0.05, 0.1) is 5.41 Å². The smallest absolute Gasteiger partial charge is 0.315 e. The molecule has 6 nitrogen and oxygen atoms in total. The van der Waals surface area contributed by atoms with Gasteiger partial charge in [-0.25, -0.2) is 4.79 Å². The molecule has 0 saturated carbocycles. The topological polar surface area (TPSA) is 87.7 Å². The van der Waals surface area contributed by atoms with Gasteiger partial charge in [-0.3, -0.25) is 4.79 Å². The Morgan fingerprint density at radius 1 is 1.30 bits per heavy atom. The Labute approximate surface area is 120 Å². The predicted octanol–water partition coefficient (Wildman–Crippen LogP) is 1.60. The first-order valence-corrected chi connectivity index (χ1v) is 7.27. The van der Waals surface area contributed by atoms with Crippen LogP contribution in [0.1, 0.15) is 40.0 Å². The largest absolute Gasteiger partial charge is 0.481 e. The van der Waals surface area contributed by atoms with Crippen molar-refractivity contribution < 1.29 is 19.4 Å². The van der Waals surface area contributed by atoms with Crippen molar-refractivity contribution in [3.8, 4) is 0 Å². The van der Waals surface area contributed by atoms with E-state index in [0.29, 0.717) is 32.0 Å². The summed E-state index contributed by atoms with van der Waals surface area (Å²) in [5.74, 6) is -0.478. The SMILES string of the molecule is CCC(C)C(C)NC(=O)NCC1(C(=O)O)CCOCC1. The lowest BCUT2D eigenvalue weighted by atomic mass is 9.80. The molecule has 1 saturated heterocycles. The van der Waals surface area contributed by atoms with Crippen molar-refractivity contribution in [1.82, 2.24) is 10.6 Å². The van der Waals surface area contributed by atoms with Gasteiger partial charge in [0, 0.05) is 25.8 Å². The van der Waals surface area contributed by atoms with Gasteiger partial charge in [-0.1, -0.05) is 20.3 Å². The summed E-state index contributed by atoms with van der Waals surface area (Å²) in [5.41, 5.74) is -0.894. The number of carboxylic acids is 1.